The zero-order chi connectivity index (χ0) is 16.5. The Labute approximate surface area is 160 Å². The van der Waals surface area contributed by atoms with Crippen molar-refractivity contribution in [3.8, 4) is 5.75 Å². The number of ether oxygens (including phenoxy) is 1. The standard InChI is InChI=1S/C17H26N4O2.HI/c1-2-19-17(21-11-14-3-4-14)20-10-9-13-5-7-15(8-6-13)23-12-16(18)22;/h5-8,14H,2-4,9-12H2,1H3,(H2,18,22)(H2,19,20,21);1H. The number of hydrogen-bond acceptors (Lipinski definition) is 3. The molecule has 0 aromatic heterocycles. The lowest BCUT2D eigenvalue weighted by Crippen LogP contribution is -2.38. The van der Waals surface area contributed by atoms with E-state index in [-0.39, 0.29) is 30.6 Å². The van der Waals surface area contributed by atoms with E-state index in [1.54, 1.807) is 0 Å². The Morgan fingerprint density at radius 2 is 2.00 bits per heavy atom. The SMILES string of the molecule is CCNC(=NCC1CC1)NCCc1ccc(OCC(N)=O)cc1.I. The van der Waals surface area contributed by atoms with Crippen LogP contribution in [-0.4, -0.2) is 38.1 Å². The van der Waals surface area contributed by atoms with Crippen molar-refractivity contribution in [3.05, 3.63) is 29.8 Å². The number of nitrogens with two attached hydrogens (primary N) is 1. The minimum Gasteiger partial charge on any atom is -0.484 e. The van der Waals surface area contributed by atoms with Crippen LogP contribution in [0.15, 0.2) is 29.3 Å². The molecular formula is C17H27IN4O2. The molecule has 0 heterocycles. The van der Waals surface area contributed by atoms with E-state index in [9.17, 15) is 4.79 Å². The molecule has 0 unspecified atom stereocenters. The second-order valence-electron chi connectivity index (χ2n) is 5.74. The second-order valence-corrected chi connectivity index (χ2v) is 5.74. The highest BCUT2D eigenvalue weighted by molar-refractivity contribution is 14.0. The normalized spacial score (nSPS) is 13.8. The lowest BCUT2D eigenvalue weighted by Gasteiger charge is -2.11. The number of carbonyl (C=O) groups is 1. The molecule has 0 atom stereocenters. The van der Waals surface area contributed by atoms with E-state index < -0.39 is 5.91 Å². The highest BCUT2D eigenvalue weighted by atomic mass is 127. The molecule has 1 aliphatic carbocycles. The zero-order valence-electron chi connectivity index (χ0n) is 14.1. The summed E-state index contributed by atoms with van der Waals surface area (Å²) in [6.07, 6.45) is 3.52. The van der Waals surface area contributed by atoms with Gasteiger partial charge in [0.25, 0.3) is 5.91 Å². The molecule has 0 spiro atoms. The molecule has 1 saturated carbocycles. The monoisotopic (exact) mass is 446 g/mol. The topological polar surface area (TPSA) is 88.7 Å². The van der Waals surface area contributed by atoms with Crippen LogP contribution < -0.4 is 21.1 Å². The molecule has 0 radical (unpaired) electrons. The maximum absolute atomic E-state index is 10.7. The van der Waals surface area contributed by atoms with Gasteiger partial charge in [-0.2, -0.15) is 0 Å². The van der Waals surface area contributed by atoms with E-state index in [4.69, 9.17) is 10.5 Å². The number of halogens is 1. The fourth-order valence-electron chi connectivity index (χ4n) is 2.09. The fourth-order valence-corrected chi connectivity index (χ4v) is 2.09. The molecule has 0 saturated heterocycles. The van der Waals surface area contributed by atoms with E-state index >= 15 is 0 Å². The Morgan fingerprint density at radius 1 is 1.29 bits per heavy atom. The number of nitrogens with one attached hydrogen (secondary N) is 2. The number of nitrogens with zero attached hydrogens (tertiary/aromatic N) is 1. The average Bonchev–Trinajstić information content (AvgIpc) is 3.36. The maximum atomic E-state index is 10.7. The molecule has 0 aliphatic heterocycles. The molecule has 1 fully saturated rings. The second kappa shape index (κ2) is 11.1. The van der Waals surface area contributed by atoms with E-state index in [0.29, 0.717) is 5.75 Å². The van der Waals surface area contributed by atoms with Gasteiger partial charge in [-0.3, -0.25) is 9.79 Å². The zero-order valence-corrected chi connectivity index (χ0v) is 16.4. The average molecular weight is 446 g/mol. The smallest absolute Gasteiger partial charge is 0.255 e. The van der Waals surface area contributed by atoms with Gasteiger partial charge in [0.15, 0.2) is 12.6 Å². The summed E-state index contributed by atoms with van der Waals surface area (Å²) < 4.78 is 5.24. The lowest BCUT2D eigenvalue weighted by molar-refractivity contribution is -0.119. The number of amides is 1. The molecule has 1 aromatic carbocycles. The van der Waals surface area contributed by atoms with Gasteiger partial charge in [0, 0.05) is 19.6 Å². The Kier molecular flexibility index (Phi) is 9.51. The molecule has 1 aromatic rings. The number of hydrogen-bond donors (Lipinski definition) is 3. The van der Waals surface area contributed by atoms with Crippen LogP contribution in [0.3, 0.4) is 0 Å². The quantitative estimate of drug-likeness (QED) is 0.306. The lowest BCUT2D eigenvalue weighted by atomic mass is 10.1. The van der Waals surface area contributed by atoms with Crippen LogP contribution in [0, 0.1) is 5.92 Å². The largest absolute Gasteiger partial charge is 0.484 e. The predicted octanol–water partition coefficient (Wildman–Crippen LogP) is 1.68. The summed E-state index contributed by atoms with van der Waals surface area (Å²) in [5.74, 6) is 1.86. The van der Waals surface area contributed by atoms with E-state index in [0.717, 1.165) is 37.9 Å². The first-order valence-electron chi connectivity index (χ1n) is 8.19. The number of aliphatic imine (C=N–C) groups is 1. The number of primary amides is 1. The Morgan fingerprint density at radius 3 is 2.58 bits per heavy atom. The number of benzene rings is 1. The van der Waals surface area contributed by atoms with E-state index in [1.807, 2.05) is 24.3 Å². The van der Waals surface area contributed by atoms with Crippen molar-refractivity contribution in [3.63, 3.8) is 0 Å². The fraction of sp³-hybridized carbons (Fsp3) is 0.529. The molecule has 1 amide bonds. The van der Waals surface area contributed by atoms with Crippen molar-refractivity contribution in [1.29, 1.82) is 0 Å². The van der Waals surface area contributed by atoms with Gasteiger partial charge in [-0.15, -0.1) is 24.0 Å². The van der Waals surface area contributed by atoms with Crippen LogP contribution in [0.2, 0.25) is 0 Å². The minimum atomic E-state index is -0.472. The van der Waals surface area contributed by atoms with Crippen LogP contribution in [0.4, 0.5) is 0 Å². The molecule has 1 aliphatic rings. The van der Waals surface area contributed by atoms with Crippen molar-refractivity contribution in [2.24, 2.45) is 16.6 Å². The van der Waals surface area contributed by atoms with Crippen LogP contribution >= 0.6 is 24.0 Å². The van der Waals surface area contributed by atoms with E-state index in [1.165, 1.54) is 18.4 Å². The third kappa shape index (κ3) is 8.37. The molecule has 6 nitrogen and oxygen atoms in total. The number of rotatable bonds is 9. The van der Waals surface area contributed by atoms with Gasteiger partial charge in [-0.05, 0) is 49.8 Å². The first-order chi connectivity index (χ1) is 11.2. The van der Waals surface area contributed by atoms with Crippen LogP contribution in [0.25, 0.3) is 0 Å². The summed E-state index contributed by atoms with van der Waals surface area (Å²) in [4.78, 5) is 15.3. The molecule has 2 rings (SSSR count). The number of carbonyl (C=O) groups excluding carboxylic acids is 1. The van der Waals surface area contributed by atoms with Gasteiger partial charge in [-0.1, -0.05) is 12.1 Å². The summed E-state index contributed by atoms with van der Waals surface area (Å²) in [7, 11) is 0. The third-order valence-electron chi connectivity index (χ3n) is 3.56. The maximum Gasteiger partial charge on any atom is 0.255 e. The van der Waals surface area contributed by atoms with Crippen molar-refractivity contribution in [1.82, 2.24) is 10.6 Å². The van der Waals surface area contributed by atoms with Gasteiger partial charge in [-0.25, -0.2) is 0 Å². The summed E-state index contributed by atoms with van der Waals surface area (Å²) in [6.45, 7) is 4.57. The van der Waals surface area contributed by atoms with Crippen molar-refractivity contribution < 1.29 is 9.53 Å². The summed E-state index contributed by atoms with van der Waals surface area (Å²) in [5, 5.41) is 6.62. The first-order valence-corrected chi connectivity index (χ1v) is 8.19. The highest BCUT2D eigenvalue weighted by Crippen LogP contribution is 2.28. The van der Waals surface area contributed by atoms with Gasteiger partial charge in [0.1, 0.15) is 5.75 Å². The van der Waals surface area contributed by atoms with Gasteiger partial charge in [0.2, 0.25) is 0 Å². The summed E-state index contributed by atoms with van der Waals surface area (Å²) in [5.41, 5.74) is 6.24. The Bertz CT molecular complexity index is 530. The minimum absolute atomic E-state index is 0. The number of guanidine groups is 1. The highest BCUT2D eigenvalue weighted by Gasteiger charge is 2.20. The first kappa shape index (κ1) is 20.5. The molecule has 134 valence electrons. The van der Waals surface area contributed by atoms with Crippen molar-refractivity contribution in [2.75, 3.05) is 26.2 Å². The summed E-state index contributed by atoms with van der Waals surface area (Å²) in [6, 6.07) is 7.69. The third-order valence-corrected chi connectivity index (χ3v) is 3.56. The Hall–Kier alpha value is -1.51. The molecule has 4 N–H and O–H groups in total. The molecule has 24 heavy (non-hydrogen) atoms. The predicted molar refractivity (Wildman–Crippen MR) is 107 cm³/mol. The molecule has 0 bridgehead atoms. The molecule has 7 heteroatoms. The van der Waals surface area contributed by atoms with Crippen molar-refractivity contribution >= 4 is 35.8 Å². The van der Waals surface area contributed by atoms with Crippen molar-refractivity contribution in [2.45, 2.75) is 26.2 Å². The van der Waals surface area contributed by atoms with Crippen LogP contribution in [0.5, 0.6) is 5.75 Å². The van der Waals surface area contributed by atoms with Crippen LogP contribution in [-0.2, 0) is 11.2 Å². The summed E-state index contributed by atoms with van der Waals surface area (Å²) >= 11 is 0. The Balaban J connectivity index is 0.00000288. The van der Waals surface area contributed by atoms with Crippen LogP contribution in [0.1, 0.15) is 25.3 Å². The molecular weight excluding hydrogens is 419 g/mol. The van der Waals surface area contributed by atoms with E-state index in [2.05, 4.69) is 22.5 Å². The van der Waals surface area contributed by atoms with Gasteiger partial charge >= 0.3 is 0 Å². The van der Waals surface area contributed by atoms with Gasteiger partial charge < -0.3 is 21.1 Å². The van der Waals surface area contributed by atoms with Gasteiger partial charge in [0.05, 0.1) is 0 Å².